The van der Waals surface area contributed by atoms with Gasteiger partial charge in [-0.25, -0.2) is 26.4 Å². The van der Waals surface area contributed by atoms with Crippen LogP contribution in [0.25, 0.3) is 0 Å². The fourth-order valence-corrected chi connectivity index (χ4v) is 12.4. The highest BCUT2D eigenvalue weighted by atomic mass is 32.2. The summed E-state index contributed by atoms with van der Waals surface area (Å²) in [6.07, 6.45) is 2.04. The van der Waals surface area contributed by atoms with E-state index in [-0.39, 0.29) is 35.8 Å². The Hall–Kier alpha value is -5.32. The summed E-state index contributed by atoms with van der Waals surface area (Å²) in [5.41, 5.74) is 0.484. The molecule has 0 aromatic heterocycles. The zero-order valence-electron chi connectivity index (χ0n) is 44.4. The average molecular weight is 1090 g/mol. The van der Waals surface area contributed by atoms with Crippen LogP contribution >= 0.6 is 0 Å². The molecule has 0 unspecified atom stereocenters. The molecule has 4 aromatic rings. The molecule has 5 atom stereocenters. The van der Waals surface area contributed by atoms with Gasteiger partial charge in [0.1, 0.15) is 23.2 Å². The summed E-state index contributed by atoms with van der Waals surface area (Å²) in [5, 5.41) is 15.7. The summed E-state index contributed by atoms with van der Waals surface area (Å²) in [5.74, 6) is 0.877. The van der Waals surface area contributed by atoms with Gasteiger partial charge in [0.2, 0.25) is 0 Å². The molecule has 7 rings (SSSR count). The molecule has 3 fully saturated rings. The number of nitrogens with zero attached hydrogens (tertiary/aromatic N) is 3. The monoisotopic (exact) mass is 1090 g/mol. The van der Waals surface area contributed by atoms with Crippen molar-refractivity contribution in [3.63, 3.8) is 0 Å². The third kappa shape index (κ3) is 16.4. The molecule has 1 saturated heterocycles. The van der Waals surface area contributed by atoms with Gasteiger partial charge in [0.15, 0.2) is 0 Å². The number of amides is 2. The molecule has 76 heavy (non-hydrogen) atoms. The van der Waals surface area contributed by atoms with Gasteiger partial charge < -0.3 is 34.1 Å². The standard InChI is InChI=1S/C56H76N4O14S2/c1-56(2,3)72-54(62)57-50(36-41-18-10-6-11-19-41)53(39-59(74-47-24-16-9-17-25-47)76(66,67)49-32-28-45(69-5)29-33-49)71-55(63)60(43-34-35-70-40-43)51(37-42-20-12-7-13-21-42)52(61)38-58(73-46-22-14-8-15-23-46)75(64,65)48-30-26-44(68-4)27-31-48/h6-7,10-13,18-21,26-33,43,46-47,50-53,61H,8-9,14-17,22-25,34-40H2,1-5H3,(H,57,62)/t43-,50-,51-,52-,53-/m0/s1. The van der Waals surface area contributed by atoms with E-state index in [0.29, 0.717) is 49.2 Å². The van der Waals surface area contributed by atoms with Crippen molar-refractivity contribution in [3.05, 3.63) is 120 Å². The Morgan fingerprint density at radius 1 is 0.658 bits per heavy atom. The van der Waals surface area contributed by atoms with Gasteiger partial charge in [-0.05, 0) is 125 Å². The first-order valence-corrected chi connectivity index (χ1v) is 29.3. The summed E-state index contributed by atoms with van der Waals surface area (Å²) in [6, 6.07) is 27.0. The summed E-state index contributed by atoms with van der Waals surface area (Å²) in [6.45, 7) is 4.23. The highest BCUT2D eigenvalue weighted by molar-refractivity contribution is 7.89. The molecule has 3 aliphatic rings. The number of nitrogens with one attached hydrogen (secondary N) is 1. The van der Waals surface area contributed by atoms with E-state index in [9.17, 15) is 26.7 Å². The molecule has 416 valence electrons. The number of benzene rings is 4. The Labute approximate surface area is 448 Å². The molecular formula is C56H76N4O14S2. The smallest absolute Gasteiger partial charge is 0.410 e. The van der Waals surface area contributed by atoms with Gasteiger partial charge in [-0.1, -0.05) is 108 Å². The molecule has 4 aromatic carbocycles. The topological polar surface area (TPSA) is 209 Å². The van der Waals surface area contributed by atoms with Crippen molar-refractivity contribution < 1.29 is 64.9 Å². The first-order chi connectivity index (χ1) is 36.4. The van der Waals surface area contributed by atoms with Crippen LogP contribution in [0.5, 0.6) is 11.5 Å². The number of hydrogen-bond acceptors (Lipinski definition) is 14. The van der Waals surface area contributed by atoms with Crippen molar-refractivity contribution >= 4 is 32.2 Å². The van der Waals surface area contributed by atoms with E-state index in [1.165, 1.54) is 67.7 Å². The summed E-state index contributed by atoms with van der Waals surface area (Å²) in [7, 11) is -6.02. The highest BCUT2D eigenvalue weighted by Crippen LogP contribution is 2.31. The molecule has 0 radical (unpaired) electrons. The molecule has 18 nitrogen and oxygen atoms in total. The molecule has 2 aliphatic carbocycles. The maximum absolute atomic E-state index is 15.8. The quantitative estimate of drug-likeness (QED) is 0.0630. The van der Waals surface area contributed by atoms with Crippen molar-refractivity contribution in [2.75, 3.05) is 40.5 Å². The number of hydrogen-bond donors (Lipinski definition) is 2. The van der Waals surface area contributed by atoms with Crippen LogP contribution in [0.1, 0.15) is 103 Å². The lowest BCUT2D eigenvalue weighted by Crippen LogP contribution is -2.59. The molecule has 2 saturated carbocycles. The molecule has 1 heterocycles. The third-order valence-corrected chi connectivity index (χ3v) is 17.1. The molecule has 20 heteroatoms. The van der Waals surface area contributed by atoms with Gasteiger partial charge in [-0.2, -0.15) is 0 Å². The number of sulfonamides is 2. The van der Waals surface area contributed by atoms with E-state index in [0.717, 1.165) is 53.0 Å². The van der Waals surface area contributed by atoms with Crippen LogP contribution in [-0.2, 0) is 56.8 Å². The van der Waals surface area contributed by atoms with Crippen molar-refractivity contribution in [2.45, 2.75) is 162 Å². The van der Waals surface area contributed by atoms with Crippen LogP contribution < -0.4 is 14.8 Å². The summed E-state index contributed by atoms with van der Waals surface area (Å²) >= 11 is 0. The molecule has 2 N–H and O–H groups in total. The van der Waals surface area contributed by atoms with E-state index in [1.54, 1.807) is 20.8 Å². The first-order valence-electron chi connectivity index (χ1n) is 26.4. The minimum absolute atomic E-state index is 0.0183. The van der Waals surface area contributed by atoms with Crippen LogP contribution in [0.3, 0.4) is 0 Å². The number of ether oxygens (including phenoxy) is 5. The Kier molecular flexibility index (Phi) is 21.0. The van der Waals surface area contributed by atoms with Crippen LogP contribution in [0.2, 0.25) is 0 Å². The van der Waals surface area contributed by atoms with E-state index in [4.69, 9.17) is 33.4 Å². The number of aliphatic hydroxyl groups is 1. The second-order valence-electron chi connectivity index (χ2n) is 20.7. The lowest BCUT2D eigenvalue weighted by Gasteiger charge is -2.41. The summed E-state index contributed by atoms with van der Waals surface area (Å²) in [4.78, 5) is 43.8. The normalized spacial score (nSPS) is 18.6. The second kappa shape index (κ2) is 27.3. The molecule has 0 spiro atoms. The van der Waals surface area contributed by atoms with Gasteiger partial charge in [-0.3, -0.25) is 14.6 Å². The van der Waals surface area contributed by atoms with E-state index in [2.05, 4.69) is 5.32 Å². The minimum atomic E-state index is -4.53. The van der Waals surface area contributed by atoms with Crippen LogP contribution in [0.15, 0.2) is 119 Å². The first kappa shape index (κ1) is 58.4. The highest BCUT2D eigenvalue weighted by Gasteiger charge is 2.44. The largest absolute Gasteiger partial charge is 0.497 e. The number of alkyl carbamates (subject to hydrolysis) is 1. The van der Waals surface area contributed by atoms with E-state index >= 15 is 4.79 Å². The Balaban J connectivity index is 1.33. The number of methoxy groups -OCH3 is 2. The predicted molar refractivity (Wildman–Crippen MR) is 284 cm³/mol. The maximum atomic E-state index is 15.8. The predicted octanol–water partition coefficient (Wildman–Crippen LogP) is 8.62. The van der Waals surface area contributed by atoms with Crippen molar-refractivity contribution in [2.24, 2.45) is 0 Å². The van der Waals surface area contributed by atoms with E-state index < -0.39 is 93.5 Å². The average Bonchev–Trinajstić information content (AvgIpc) is 3.95. The molecule has 2 amide bonds. The number of carbonyl (C=O) groups excluding carboxylic acids is 2. The van der Waals surface area contributed by atoms with Crippen molar-refractivity contribution in [1.82, 2.24) is 19.2 Å². The lowest BCUT2D eigenvalue weighted by atomic mass is 9.97. The number of aliphatic hydroxyl groups excluding tert-OH is 1. The van der Waals surface area contributed by atoms with Crippen molar-refractivity contribution in [3.8, 4) is 11.5 Å². The third-order valence-electron chi connectivity index (χ3n) is 13.9. The Bertz CT molecular complexity index is 2640. The molecule has 0 bridgehead atoms. The number of hydroxylamine groups is 2. The number of carbonyl (C=O) groups is 2. The summed E-state index contributed by atoms with van der Waals surface area (Å²) < 4.78 is 90.1. The van der Waals surface area contributed by atoms with Gasteiger partial charge in [0, 0.05) is 6.61 Å². The van der Waals surface area contributed by atoms with Gasteiger partial charge in [-0.15, -0.1) is 0 Å². The SMILES string of the molecule is COc1ccc(S(=O)(=O)N(C[C@H](OC(=O)N([C@H]2CCOC2)[C@@H](Cc2ccccc2)[C@@H](O)CN(OC2CCCCC2)S(=O)(=O)c2ccc(OC)cc2)[C@H](Cc2ccccc2)NC(=O)OC(C)(C)C)OC2CCCCC2)cc1. The van der Waals surface area contributed by atoms with Crippen LogP contribution in [-0.4, -0.2) is 137 Å². The second-order valence-corrected chi connectivity index (χ2v) is 24.3. The Morgan fingerprint density at radius 3 is 1.58 bits per heavy atom. The van der Waals surface area contributed by atoms with Gasteiger partial charge in [0.05, 0.1) is 80.1 Å². The van der Waals surface area contributed by atoms with E-state index in [1.807, 2.05) is 60.7 Å². The van der Waals surface area contributed by atoms with Crippen LogP contribution in [0, 0.1) is 0 Å². The Morgan fingerprint density at radius 2 is 1.13 bits per heavy atom. The lowest BCUT2D eigenvalue weighted by molar-refractivity contribution is -0.162. The zero-order chi connectivity index (χ0) is 54.3. The van der Waals surface area contributed by atoms with Crippen molar-refractivity contribution in [1.29, 1.82) is 0 Å². The number of rotatable bonds is 24. The molecule has 1 aliphatic heterocycles. The van der Waals surface area contributed by atoms with Gasteiger partial charge in [0.25, 0.3) is 20.0 Å². The molecular weight excluding hydrogens is 1020 g/mol. The maximum Gasteiger partial charge on any atom is 0.410 e. The van der Waals surface area contributed by atoms with Gasteiger partial charge >= 0.3 is 12.2 Å². The zero-order valence-corrected chi connectivity index (χ0v) is 46.0. The minimum Gasteiger partial charge on any atom is -0.497 e. The van der Waals surface area contributed by atoms with Crippen LogP contribution in [0.4, 0.5) is 9.59 Å². The fourth-order valence-electron chi connectivity index (χ4n) is 9.83. The fraction of sp³-hybridized carbons (Fsp3) is 0.536.